The lowest BCUT2D eigenvalue weighted by atomic mass is 9.66. The van der Waals surface area contributed by atoms with Crippen LogP contribution in [0, 0.1) is 5.92 Å². The largest absolute Gasteiger partial charge is 0.504 e. The summed E-state index contributed by atoms with van der Waals surface area (Å²) in [5, 5.41) is 26.4. The summed E-state index contributed by atoms with van der Waals surface area (Å²) in [7, 11) is 1.43. The van der Waals surface area contributed by atoms with Crippen molar-refractivity contribution in [2.75, 3.05) is 13.7 Å². The van der Waals surface area contributed by atoms with Gasteiger partial charge >= 0.3 is 5.97 Å². The molecule has 1 heterocycles. The fraction of sp³-hybridized carbons (Fsp3) is 0.444. The summed E-state index contributed by atoms with van der Waals surface area (Å²) in [5.41, 5.74) is -0.414. The minimum Gasteiger partial charge on any atom is -0.504 e. The molecule has 8 nitrogen and oxygen atoms in total. The lowest BCUT2D eigenvalue weighted by Gasteiger charge is -2.40. The number of nitrogens with one attached hydrogen (secondary N) is 2. The second-order valence-electron chi connectivity index (χ2n) is 6.64. The molecule has 0 radical (unpaired) electrons. The molecule has 8 heteroatoms. The molecular formula is C18H22N2O6. The Balaban J connectivity index is 2.21. The molecule has 3 atom stereocenters. The average molecular weight is 362 g/mol. The topological polar surface area (TPSA) is 125 Å². The predicted molar refractivity (Wildman–Crippen MR) is 92.4 cm³/mol. The van der Waals surface area contributed by atoms with E-state index in [1.165, 1.54) is 13.2 Å². The maximum Gasteiger partial charge on any atom is 0.312 e. The molecule has 2 aromatic rings. The summed E-state index contributed by atoms with van der Waals surface area (Å²) < 4.78 is 10.2. The number of H-pyrrole nitrogens is 2. The third-order valence-electron chi connectivity index (χ3n) is 4.85. The SMILES string of the molecule is CCOC(=O)C1C(c2ccc(OC)c(O)c2)c2c([nH][nH]c2=O)CC1(C)O. The summed E-state index contributed by atoms with van der Waals surface area (Å²) in [5.74, 6) is -2.22. The number of phenolic OH excluding ortho intramolecular Hbond substituents is 1. The molecule has 0 aliphatic heterocycles. The number of hydrogen-bond donors (Lipinski definition) is 4. The number of benzene rings is 1. The number of aliphatic hydroxyl groups is 1. The molecular weight excluding hydrogens is 340 g/mol. The van der Waals surface area contributed by atoms with Crippen LogP contribution in [0.25, 0.3) is 0 Å². The molecule has 4 N–H and O–H groups in total. The van der Waals surface area contributed by atoms with Gasteiger partial charge in [0.05, 0.1) is 25.2 Å². The van der Waals surface area contributed by atoms with Gasteiger partial charge in [-0.05, 0) is 31.5 Å². The first-order valence-electron chi connectivity index (χ1n) is 8.35. The van der Waals surface area contributed by atoms with Crippen LogP contribution < -0.4 is 10.3 Å². The number of aromatic hydroxyl groups is 1. The highest BCUT2D eigenvalue weighted by Gasteiger charge is 2.51. The van der Waals surface area contributed by atoms with E-state index in [4.69, 9.17) is 9.47 Å². The number of fused-ring (bicyclic) bond motifs is 1. The van der Waals surface area contributed by atoms with E-state index >= 15 is 0 Å². The van der Waals surface area contributed by atoms with Crippen LogP contribution in [0.2, 0.25) is 0 Å². The van der Waals surface area contributed by atoms with Gasteiger partial charge in [0.25, 0.3) is 5.56 Å². The van der Waals surface area contributed by atoms with Gasteiger partial charge in [-0.2, -0.15) is 0 Å². The fourth-order valence-electron chi connectivity index (χ4n) is 3.75. The van der Waals surface area contributed by atoms with Gasteiger partial charge in [-0.3, -0.25) is 14.7 Å². The highest BCUT2D eigenvalue weighted by atomic mass is 16.5. The van der Waals surface area contributed by atoms with Gasteiger partial charge < -0.3 is 24.8 Å². The highest BCUT2D eigenvalue weighted by Crippen LogP contribution is 2.45. The molecule has 26 heavy (non-hydrogen) atoms. The van der Waals surface area contributed by atoms with Crippen LogP contribution in [0.4, 0.5) is 0 Å². The number of phenols is 1. The maximum absolute atomic E-state index is 12.7. The molecule has 1 aromatic carbocycles. The molecule has 0 spiro atoms. The summed E-state index contributed by atoms with van der Waals surface area (Å²) >= 11 is 0. The molecule has 0 bridgehead atoms. The minimum atomic E-state index is -1.44. The van der Waals surface area contributed by atoms with E-state index in [9.17, 15) is 19.8 Å². The maximum atomic E-state index is 12.7. The first kappa shape index (κ1) is 18.1. The van der Waals surface area contributed by atoms with E-state index in [2.05, 4.69) is 10.2 Å². The van der Waals surface area contributed by atoms with Crippen molar-refractivity contribution >= 4 is 5.97 Å². The second kappa shape index (κ2) is 6.53. The van der Waals surface area contributed by atoms with E-state index in [1.807, 2.05) is 0 Å². The number of rotatable bonds is 4. The highest BCUT2D eigenvalue weighted by molar-refractivity contribution is 5.77. The van der Waals surface area contributed by atoms with Crippen molar-refractivity contribution in [2.24, 2.45) is 5.92 Å². The molecule has 140 valence electrons. The summed E-state index contributed by atoms with van der Waals surface area (Å²) in [4.78, 5) is 25.0. The van der Waals surface area contributed by atoms with Gasteiger partial charge in [-0.25, -0.2) is 0 Å². The van der Waals surface area contributed by atoms with Gasteiger partial charge in [-0.1, -0.05) is 6.07 Å². The Hall–Kier alpha value is -2.74. The standard InChI is InChI=1S/C18H22N2O6/c1-4-26-17(23)15-13(9-5-6-12(25-3)11(21)7-9)14-10(8-18(15,2)24)19-20-16(14)22/h5-7,13,15,21,24H,4,8H2,1-3H3,(H2,19,20,22). The average Bonchev–Trinajstić information content (AvgIpc) is 2.93. The number of ether oxygens (including phenoxy) is 2. The Labute approximate surface area is 149 Å². The van der Waals surface area contributed by atoms with E-state index in [0.717, 1.165) is 0 Å². The van der Waals surface area contributed by atoms with Gasteiger partial charge in [0.1, 0.15) is 0 Å². The number of aromatic amines is 2. The Morgan fingerprint density at radius 3 is 2.73 bits per heavy atom. The molecule has 0 fully saturated rings. The number of esters is 1. The van der Waals surface area contributed by atoms with Crippen LogP contribution in [0.5, 0.6) is 11.5 Å². The third kappa shape index (κ3) is 2.86. The van der Waals surface area contributed by atoms with E-state index in [-0.39, 0.29) is 30.1 Å². The van der Waals surface area contributed by atoms with Gasteiger partial charge in [0.15, 0.2) is 11.5 Å². The molecule has 1 aromatic heterocycles. The molecule has 1 aliphatic carbocycles. The van der Waals surface area contributed by atoms with E-state index < -0.39 is 23.4 Å². The zero-order valence-corrected chi connectivity index (χ0v) is 14.8. The summed E-state index contributed by atoms with van der Waals surface area (Å²) in [6.07, 6.45) is 0.100. The van der Waals surface area contributed by atoms with E-state index in [0.29, 0.717) is 16.8 Å². The van der Waals surface area contributed by atoms with Crippen molar-refractivity contribution in [3.63, 3.8) is 0 Å². The molecule has 0 saturated carbocycles. The molecule has 3 unspecified atom stereocenters. The fourth-order valence-corrected chi connectivity index (χ4v) is 3.75. The predicted octanol–water partition coefficient (Wildman–Crippen LogP) is 1.04. The molecule has 0 saturated heterocycles. The lowest BCUT2D eigenvalue weighted by molar-refractivity contribution is -0.159. The first-order valence-corrected chi connectivity index (χ1v) is 8.35. The number of hydrogen-bond acceptors (Lipinski definition) is 6. The molecule has 0 amide bonds. The van der Waals surface area contributed by atoms with Crippen LogP contribution in [-0.2, 0) is 16.0 Å². The van der Waals surface area contributed by atoms with Crippen LogP contribution in [0.3, 0.4) is 0 Å². The van der Waals surface area contributed by atoms with Crippen LogP contribution in [0.1, 0.15) is 36.6 Å². The number of aromatic nitrogens is 2. The summed E-state index contributed by atoms with van der Waals surface area (Å²) in [6, 6.07) is 4.65. The van der Waals surface area contributed by atoms with Crippen molar-refractivity contribution in [3.8, 4) is 11.5 Å². The third-order valence-corrected chi connectivity index (χ3v) is 4.85. The zero-order valence-electron chi connectivity index (χ0n) is 14.8. The van der Waals surface area contributed by atoms with Gasteiger partial charge in [0.2, 0.25) is 0 Å². The lowest BCUT2D eigenvalue weighted by Crippen LogP contribution is -2.50. The van der Waals surface area contributed by atoms with Crippen molar-refractivity contribution in [3.05, 3.63) is 45.4 Å². The minimum absolute atomic E-state index is 0.100. The van der Waals surface area contributed by atoms with Crippen LogP contribution >= 0.6 is 0 Å². The van der Waals surface area contributed by atoms with Crippen LogP contribution in [0.15, 0.2) is 23.0 Å². The summed E-state index contributed by atoms with van der Waals surface area (Å²) in [6.45, 7) is 3.37. The Morgan fingerprint density at radius 2 is 2.12 bits per heavy atom. The Bertz CT molecular complexity index is 882. The Kier molecular flexibility index (Phi) is 4.53. The van der Waals surface area contributed by atoms with Crippen molar-refractivity contribution in [2.45, 2.75) is 31.8 Å². The van der Waals surface area contributed by atoms with Gasteiger partial charge in [0, 0.05) is 23.6 Å². The van der Waals surface area contributed by atoms with Crippen molar-refractivity contribution in [1.82, 2.24) is 10.2 Å². The Morgan fingerprint density at radius 1 is 1.38 bits per heavy atom. The quantitative estimate of drug-likeness (QED) is 0.602. The van der Waals surface area contributed by atoms with Crippen molar-refractivity contribution < 1.29 is 24.5 Å². The first-order chi connectivity index (χ1) is 12.3. The van der Waals surface area contributed by atoms with Crippen LogP contribution in [-0.4, -0.2) is 45.7 Å². The monoisotopic (exact) mass is 362 g/mol. The molecule has 1 aliphatic rings. The zero-order chi connectivity index (χ0) is 19.1. The second-order valence-corrected chi connectivity index (χ2v) is 6.64. The molecule has 3 rings (SSSR count). The number of carbonyl (C=O) groups is 1. The number of methoxy groups -OCH3 is 1. The van der Waals surface area contributed by atoms with Gasteiger partial charge in [-0.15, -0.1) is 0 Å². The number of carbonyl (C=O) groups excluding carboxylic acids is 1. The smallest absolute Gasteiger partial charge is 0.312 e. The van der Waals surface area contributed by atoms with E-state index in [1.54, 1.807) is 26.0 Å². The van der Waals surface area contributed by atoms with Crippen molar-refractivity contribution in [1.29, 1.82) is 0 Å². The normalized spacial score (nSPS) is 24.8.